The summed E-state index contributed by atoms with van der Waals surface area (Å²) >= 11 is 0. The van der Waals surface area contributed by atoms with Gasteiger partial charge in [0.05, 0.1) is 0 Å². The molecular weight excluding hydrogens is 444 g/mol. The van der Waals surface area contributed by atoms with Crippen molar-refractivity contribution in [3.05, 3.63) is 95.1 Å². The van der Waals surface area contributed by atoms with Crippen LogP contribution in [-0.4, -0.2) is 0 Å². The Bertz CT molecular complexity index is 1210. The fourth-order valence-electron chi connectivity index (χ4n) is 4.55. The summed E-state index contributed by atoms with van der Waals surface area (Å²) in [6.07, 6.45) is 3.49. The first-order valence-electron chi connectivity index (χ1n) is 12.8. The summed E-state index contributed by atoms with van der Waals surface area (Å²) in [4.78, 5) is 0. The molecule has 0 aromatic heterocycles. The summed E-state index contributed by atoms with van der Waals surface area (Å²) in [5.74, 6) is 3.39. The Hall–Kier alpha value is -3.92. The average Bonchev–Trinajstić information content (AvgIpc) is 2.88. The Morgan fingerprint density at radius 1 is 0.500 bits per heavy atom. The van der Waals surface area contributed by atoms with Gasteiger partial charge < -0.3 is 20.9 Å². The quantitative estimate of drug-likeness (QED) is 0.236. The molecule has 0 saturated heterocycles. The molecule has 0 atom stereocenters. The lowest BCUT2D eigenvalue weighted by atomic mass is 9.92. The number of rotatable bonds is 9. The standard InChI is InChI=1S/C32H36N2O2/c1-5-21-15-25(16-22(6-2)31(21)35-29-13-9-11-27(33)19-29)26-17-23(7-3)32(24(8-4)18-26)36-30-14-10-12-28(34)20-30/h9-20H,5-8,33-34H2,1-4H3. The molecule has 0 radical (unpaired) electrons. The fourth-order valence-corrected chi connectivity index (χ4v) is 4.55. The van der Waals surface area contributed by atoms with E-state index in [1.54, 1.807) is 0 Å². The highest BCUT2D eigenvalue weighted by Crippen LogP contribution is 2.39. The van der Waals surface area contributed by atoms with Gasteiger partial charge in [-0.25, -0.2) is 0 Å². The molecule has 4 aromatic carbocycles. The van der Waals surface area contributed by atoms with Gasteiger partial charge in [-0.05, 0) is 108 Å². The largest absolute Gasteiger partial charge is 0.457 e. The fraction of sp³-hybridized carbons (Fsp3) is 0.250. The van der Waals surface area contributed by atoms with Crippen LogP contribution in [0.3, 0.4) is 0 Å². The number of aryl methyl sites for hydroxylation is 4. The van der Waals surface area contributed by atoms with Crippen molar-refractivity contribution in [2.24, 2.45) is 0 Å². The van der Waals surface area contributed by atoms with Crippen LogP contribution in [0.25, 0.3) is 11.1 Å². The summed E-state index contributed by atoms with van der Waals surface area (Å²) in [5, 5.41) is 0. The van der Waals surface area contributed by atoms with Crippen molar-refractivity contribution in [3.8, 4) is 34.1 Å². The Balaban J connectivity index is 1.77. The summed E-state index contributed by atoms with van der Waals surface area (Å²) in [6.45, 7) is 8.68. The van der Waals surface area contributed by atoms with Crippen LogP contribution in [0.4, 0.5) is 11.4 Å². The summed E-state index contributed by atoms with van der Waals surface area (Å²) < 4.78 is 12.7. The summed E-state index contributed by atoms with van der Waals surface area (Å²) in [6, 6.07) is 24.2. The van der Waals surface area contributed by atoms with Gasteiger partial charge in [0.1, 0.15) is 23.0 Å². The van der Waals surface area contributed by atoms with E-state index in [-0.39, 0.29) is 0 Å². The Morgan fingerprint density at radius 3 is 1.11 bits per heavy atom. The molecule has 0 unspecified atom stereocenters. The number of anilines is 2. The van der Waals surface area contributed by atoms with Crippen LogP contribution in [0, 0.1) is 0 Å². The minimum absolute atomic E-state index is 0.694. The van der Waals surface area contributed by atoms with Crippen LogP contribution in [0.15, 0.2) is 72.8 Å². The minimum Gasteiger partial charge on any atom is -0.457 e. The lowest BCUT2D eigenvalue weighted by molar-refractivity contribution is 0.470. The van der Waals surface area contributed by atoms with Crippen LogP contribution < -0.4 is 20.9 Å². The first kappa shape index (κ1) is 25.2. The third kappa shape index (κ3) is 5.49. The molecule has 0 aliphatic rings. The van der Waals surface area contributed by atoms with Gasteiger partial charge in [-0.3, -0.25) is 0 Å². The predicted octanol–water partition coefficient (Wildman–Crippen LogP) is 8.35. The first-order valence-corrected chi connectivity index (χ1v) is 12.8. The normalized spacial score (nSPS) is 10.9. The van der Waals surface area contributed by atoms with Gasteiger partial charge in [-0.2, -0.15) is 0 Å². The molecule has 0 heterocycles. The molecule has 186 valence electrons. The van der Waals surface area contributed by atoms with Crippen LogP contribution in [0.1, 0.15) is 49.9 Å². The molecule has 4 heteroatoms. The topological polar surface area (TPSA) is 70.5 Å². The zero-order valence-electron chi connectivity index (χ0n) is 21.7. The van der Waals surface area contributed by atoms with Gasteiger partial charge in [0, 0.05) is 23.5 Å². The SMILES string of the molecule is CCc1cc(-c2cc(CC)c(Oc3cccc(N)c3)c(CC)c2)cc(CC)c1Oc1cccc(N)c1. The van der Waals surface area contributed by atoms with Crippen molar-refractivity contribution in [1.82, 2.24) is 0 Å². The molecule has 36 heavy (non-hydrogen) atoms. The zero-order valence-corrected chi connectivity index (χ0v) is 21.7. The van der Waals surface area contributed by atoms with Crippen molar-refractivity contribution < 1.29 is 9.47 Å². The smallest absolute Gasteiger partial charge is 0.133 e. The highest BCUT2D eigenvalue weighted by Gasteiger charge is 2.17. The highest BCUT2D eigenvalue weighted by molar-refractivity contribution is 5.71. The summed E-state index contributed by atoms with van der Waals surface area (Å²) in [7, 11) is 0. The van der Waals surface area contributed by atoms with E-state index >= 15 is 0 Å². The van der Waals surface area contributed by atoms with Crippen molar-refractivity contribution in [3.63, 3.8) is 0 Å². The molecule has 4 aromatic rings. The number of hydrogen-bond acceptors (Lipinski definition) is 4. The first-order chi connectivity index (χ1) is 17.4. The lowest BCUT2D eigenvalue weighted by Crippen LogP contribution is -2.00. The maximum absolute atomic E-state index is 6.37. The van der Waals surface area contributed by atoms with Crippen LogP contribution >= 0.6 is 0 Å². The minimum atomic E-state index is 0.694. The van der Waals surface area contributed by atoms with Crippen molar-refractivity contribution in [2.75, 3.05) is 11.5 Å². The van der Waals surface area contributed by atoms with E-state index in [1.807, 2.05) is 48.5 Å². The highest BCUT2D eigenvalue weighted by atomic mass is 16.5. The average molecular weight is 481 g/mol. The maximum atomic E-state index is 6.37. The molecule has 4 nitrogen and oxygen atoms in total. The third-order valence-corrected chi connectivity index (χ3v) is 6.50. The lowest BCUT2D eigenvalue weighted by Gasteiger charge is -2.19. The molecule has 4 N–H and O–H groups in total. The zero-order chi connectivity index (χ0) is 25.7. The number of benzene rings is 4. The molecular formula is C32H36N2O2. The Labute approximate surface area is 214 Å². The molecule has 0 fully saturated rings. The summed E-state index contributed by atoms with van der Waals surface area (Å²) in [5.41, 5.74) is 20.5. The second kappa shape index (κ2) is 11.2. The van der Waals surface area contributed by atoms with Gasteiger partial charge in [0.15, 0.2) is 0 Å². The Kier molecular flexibility index (Phi) is 7.84. The van der Waals surface area contributed by atoms with E-state index in [2.05, 4.69) is 52.0 Å². The Morgan fingerprint density at radius 2 is 0.833 bits per heavy atom. The predicted molar refractivity (Wildman–Crippen MR) is 151 cm³/mol. The third-order valence-electron chi connectivity index (χ3n) is 6.50. The van der Waals surface area contributed by atoms with Gasteiger partial charge in [-0.1, -0.05) is 39.8 Å². The van der Waals surface area contributed by atoms with E-state index in [0.717, 1.165) is 48.7 Å². The number of ether oxygens (including phenoxy) is 2. The van der Waals surface area contributed by atoms with Gasteiger partial charge in [0.25, 0.3) is 0 Å². The van der Waals surface area contributed by atoms with Crippen LogP contribution in [0.5, 0.6) is 23.0 Å². The van der Waals surface area contributed by atoms with Crippen LogP contribution in [-0.2, 0) is 25.7 Å². The van der Waals surface area contributed by atoms with Gasteiger partial charge in [-0.15, -0.1) is 0 Å². The van der Waals surface area contributed by atoms with Gasteiger partial charge in [0.2, 0.25) is 0 Å². The van der Waals surface area contributed by atoms with E-state index in [4.69, 9.17) is 20.9 Å². The number of nitrogens with two attached hydrogens (primary N) is 2. The van der Waals surface area contributed by atoms with E-state index in [1.165, 1.54) is 33.4 Å². The van der Waals surface area contributed by atoms with E-state index in [0.29, 0.717) is 11.4 Å². The molecule has 4 rings (SSSR count). The second-order valence-corrected chi connectivity index (χ2v) is 9.01. The van der Waals surface area contributed by atoms with Crippen molar-refractivity contribution in [1.29, 1.82) is 0 Å². The monoisotopic (exact) mass is 480 g/mol. The molecule has 0 spiro atoms. The van der Waals surface area contributed by atoms with Crippen LogP contribution in [0.2, 0.25) is 0 Å². The maximum Gasteiger partial charge on any atom is 0.133 e. The van der Waals surface area contributed by atoms with Gasteiger partial charge >= 0.3 is 0 Å². The van der Waals surface area contributed by atoms with Crippen molar-refractivity contribution >= 4 is 11.4 Å². The second-order valence-electron chi connectivity index (χ2n) is 9.01. The molecule has 0 amide bonds. The van der Waals surface area contributed by atoms with E-state index < -0.39 is 0 Å². The van der Waals surface area contributed by atoms with E-state index in [9.17, 15) is 0 Å². The number of nitrogen functional groups attached to an aromatic ring is 2. The number of hydrogen-bond donors (Lipinski definition) is 2. The molecule has 0 saturated carbocycles. The molecule has 0 aliphatic heterocycles. The molecule has 0 bridgehead atoms. The molecule has 0 aliphatic carbocycles. The van der Waals surface area contributed by atoms with Crippen molar-refractivity contribution in [2.45, 2.75) is 53.4 Å².